The molecule has 0 spiro atoms. The molecule has 8 rings (SSSR count). The van der Waals surface area contributed by atoms with E-state index in [1.54, 1.807) is 0 Å². The van der Waals surface area contributed by atoms with Gasteiger partial charge in [-0.2, -0.15) is 0 Å². The summed E-state index contributed by atoms with van der Waals surface area (Å²) in [4.78, 5) is 5.46. The fraction of sp³-hybridized carbons (Fsp3) is 0.0984. The first-order valence-electron chi connectivity index (χ1n) is 21.8. The van der Waals surface area contributed by atoms with Gasteiger partial charge in [0.2, 0.25) is 0 Å². The molecule has 0 N–H and O–H groups in total. The van der Waals surface area contributed by atoms with E-state index < -0.39 is 0 Å². The van der Waals surface area contributed by atoms with Gasteiger partial charge in [-0.25, -0.2) is 0 Å². The van der Waals surface area contributed by atoms with Gasteiger partial charge in [-0.1, -0.05) is 214 Å². The van der Waals surface area contributed by atoms with E-state index in [0.29, 0.717) is 0 Å². The third kappa shape index (κ3) is 9.65. The molecule has 0 heterocycles. The molecule has 7 aromatic carbocycles. The Balaban J connectivity index is 1.19. The highest BCUT2D eigenvalue weighted by molar-refractivity contribution is 6.04. The molecule has 0 amide bonds. The summed E-state index contributed by atoms with van der Waals surface area (Å²) in [6, 6.07) is 63.0. The molecule has 1 aliphatic rings. The third-order valence-electron chi connectivity index (χ3n) is 11.6. The van der Waals surface area contributed by atoms with Gasteiger partial charge >= 0.3 is 0 Å². The first-order valence-corrected chi connectivity index (χ1v) is 21.8. The smallest absolute Gasteiger partial charge is 0.0711 e. The first kappa shape index (κ1) is 41.4. The Labute approximate surface area is 368 Å². The Morgan fingerprint density at radius 2 is 1.08 bits per heavy atom. The lowest BCUT2D eigenvalue weighted by Gasteiger charge is -2.21. The molecule has 0 saturated heterocycles. The second-order valence-electron chi connectivity index (χ2n) is 15.8. The van der Waals surface area contributed by atoms with Gasteiger partial charge in [-0.05, 0) is 135 Å². The van der Waals surface area contributed by atoms with E-state index in [-0.39, 0.29) is 0 Å². The lowest BCUT2D eigenvalue weighted by Crippen LogP contribution is -2.01. The number of hydrogen-bond acceptors (Lipinski definition) is 1. The highest BCUT2D eigenvalue weighted by Crippen LogP contribution is 2.41. The minimum absolute atomic E-state index is 0.768. The fourth-order valence-electron chi connectivity index (χ4n) is 8.18. The number of benzene rings is 7. The Bertz CT molecular complexity index is 2830. The topological polar surface area (TPSA) is 12.4 Å². The molecule has 0 aliphatic heterocycles. The predicted molar refractivity (Wildman–Crippen MR) is 270 cm³/mol. The minimum Gasteiger partial charge on any atom is -0.252 e. The second-order valence-corrected chi connectivity index (χ2v) is 15.8. The van der Waals surface area contributed by atoms with Crippen molar-refractivity contribution in [3.63, 3.8) is 0 Å². The zero-order valence-electron chi connectivity index (χ0n) is 36.1. The SMILES string of the molecule is C=C(/C=C(\N=C(/CC)c1ccc(-c2cc(C3=CC=CCC3)c(/C(C)=C/C=C\C)cc2-c2ccccc2)cc1)c1ccc(-c2ccccc2)cc1)c1ccc(-c2ccccc2)cc1. The van der Waals surface area contributed by atoms with Crippen molar-refractivity contribution in [3.05, 3.63) is 253 Å². The van der Waals surface area contributed by atoms with Crippen molar-refractivity contribution in [2.24, 2.45) is 4.99 Å². The molecule has 0 aromatic heterocycles. The van der Waals surface area contributed by atoms with E-state index in [2.05, 4.69) is 240 Å². The molecule has 1 aliphatic carbocycles. The van der Waals surface area contributed by atoms with Crippen molar-refractivity contribution in [1.29, 1.82) is 0 Å². The molecular formula is C61H53N. The summed E-state index contributed by atoms with van der Waals surface area (Å²) in [6.45, 7) is 11.0. The molecular weight excluding hydrogens is 747 g/mol. The van der Waals surface area contributed by atoms with Crippen molar-refractivity contribution < 1.29 is 0 Å². The van der Waals surface area contributed by atoms with E-state index in [4.69, 9.17) is 4.99 Å². The van der Waals surface area contributed by atoms with Crippen LogP contribution in [0.4, 0.5) is 0 Å². The predicted octanol–water partition coefficient (Wildman–Crippen LogP) is 17.0. The number of aliphatic imine (C=N–C) groups is 1. The van der Waals surface area contributed by atoms with Crippen LogP contribution in [0.5, 0.6) is 0 Å². The van der Waals surface area contributed by atoms with Gasteiger partial charge in [0.15, 0.2) is 0 Å². The van der Waals surface area contributed by atoms with Gasteiger partial charge in [0.25, 0.3) is 0 Å². The van der Waals surface area contributed by atoms with Gasteiger partial charge in [0, 0.05) is 11.3 Å². The maximum atomic E-state index is 5.46. The van der Waals surface area contributed by atoms with Crippen molar-refractivity contribution in [3.8, 4) is 44.5 Å². The number of nitrogens with zero attached hydrogens (tertiary/aromatic N) is 1. The zero-order chi connectivity index (χ0) is 42.7. The van der Waals surface area contributed by atoms with Crippen LogP contribution in [0.15, 0.2) is 230 Å². The van der Waals surface area contributed by atoms with Crippen molar-refractivity contribution in [1.82, 2.24) is 0 Å². The average Bonchev–Trinajstić information content (AvgIpc) is 3.35. The maximum absolute atomic E-state index is 5.46. The standard InChI is InChI=1S/C61H53N/c1-5-7-20-44(3)56-42-58(52-27-18-11-19-28-52)59(43-57(56)51-25-16-10-17-26-51)53-35-39-54(40-36-53)60(6-2)62-61(55-37-33-50(34-38-55)48-23-14-9-15-24-48)41-45(4)46-29-31-49(32-30-46)47-21-12-8-13-22-47/h5,7-16,18-25,27-43H,4,6,17,26H2,1-3H3/b7-5-,44-20+,61-41-,62-60+. The lowest BCUT2D eigenvalue weighted by atomic mass is 9.83. The highest BCUT2D eigenvalue weighted by Gasteiger charge is 2.18. The lowest BCUT2D eigenvalue weighted by molar-refractivity contribution is 1.05. The molecule has 62 heavy (non-hydrogen) atoms. The largest absolute Gasteiger partial charge is 0.252 e. The number of rotatable bonds is 13. The van der Waals surface area contributed by atoms with E-state index in [1.165, 1.54) is 66.8 Å². The molecule has 0 bridgehead atoms. The molecule has 1 heteroatoms. The second kappa shape index (κ2) is 19.8. The van der Waals surface area contributed by atoms with E-state index in [0.717, 1.165) is 52.9 Å². The Morgan fingerprint density at radius 3 is 1.63 bits per heavy atom. The Morgan fingerprint density at radius 1 is 0.581 bits per heavy atom. The summed E-state index contributed by atoms with van der Waals surface area (Å²) in [7, 11) is 0. The minimum atomic E-state index is 0.768. The van der Waals surface area contributed by atoms with Gasteiger partial charge in [0.1, 0.15) is 0 Å². The molecule has 0 atom stereocenters. The third-order valence-corrected chi connectivity index (χ3v) is 11.6. The van der Waals surface area contributed by atoms with Crippen LogP contribution in [0.25, 0.3) is 66.9 Å². The van der Waals surface area contributed by atoms with Crippen LogP contribution in [-0.4, -0.2) is 5.71 Å². The van der Waals surface area contributed by atoms with Crippen molar-refractivity contribution >= 4 is 28.1 Å². The zero-order valence-corrected chi connectivity index (χ0v) is 36.1. The van der Waals surface area contributed by atoms with Crippen molar-refractivity contribution in [2.45, 2.75) is 40.0 Å². The Hall–Kier alpha value is -7.35. The number of hydrogen-bond donors (Lipinski definition) is 0. The molecule has 0 radical (unpaired) electrons. The normalized spacial score (nSPS) is 13.3. The van der Waals surface area contributed by atoms with Crippen LogP contribution in [0.2, 0.25) is 0 Å². The average molecular weight is 800 g/mol. The van der Waals surface area contributed by atoms with Crippen LogP contribution >= 0.6 is 0 Å². The molecule has 0 unspecified atom stereocenters. The molecule has 302 valence electrons. The van der Waals surface area contributed by atoms with Gasteiger partial charge in [-0.3, -0.25) is 4.99 Å². The number of allylic oxidation sites excluding steroid dienone is 10. The van der Waals surface area contributed by atoms with Crippen LogP contribution < -0.4 is 0 Å². The monoisotopic (exact) mass is 799 g/mol. The van der Waals surface area contributed by atoms with Gasteiger partial charge in [0.05, 0.1) is 5.70 Å². The Kier molecular flexibility index (Phi) is 13.2. The van der Waals surface area contributed by atoms with Crippen LogP contribution in [0.1, 0.15) is 67.9 Å². The van der Waals surface area contributed by atoms with E-state index in [1.807, 2.05) is 6.07 Å². The quantitative estimate of drug-likeness (QED) is 0.0814. The van der Waals surface area contributed by atoms with E-state index >= 15 is 0 Å². The van der Waals surface area contributed by atoms with Crippen LogP contribution in [0.3, 0.4) is 0 Å². The highest BCUT2D eigenvalue weighted by atomic mass is 14.8. The summed E-state index contributed by atoms with van der Waals surface area (Å²) in [5.74, 6) is 0. The van der Waals surface area contributed by atoms with Crippen LogP contribution in [0, 0.1) is 0 Å². The maximum Gasteiger partial charge on any atom is 0.0711 e. The fourth-order valence-corrected chi connectivity index (χ4v) is 8.18. The molecule has 0 fully saturated rings. The van der Waals surface area contributed by atoms with Crippen molar-refractivity contribution in [2.75, 3.05) is 0 Å². The summed E-state index contributed by atoms with van der Waals surface area (Å²) in [5, 5.41) is 0. The summed E-state index contributed by atoms with van der Waals surface area (Å²) in [6.07, 6.45) is 18.2. The molecule has 7 aromatic rings. The summed E-state index contributed by atoms with van der Waals surface area (Å²) < 4.78 is 0. The molecule has 1 nitrogen and oxygen atoms in total. The van der Waals surface area contributed by atoms with Gasteiger partial charge in [-0.15, -0.1) is 0 Å². The first-order chi connectivity index (χ1) is 30.5. The summed E-state index contributed by atoms with van der Waals surface area (Å²) in [5.41, 5.74) is 20.8. The van der Waals surface area contributed by atoms with E-state index in [9.17, 15) is 0 Å². The molecule has 0 saturated carbocycles. The van der Waals surface area contributed by atoms with Gasteiger partial charge < -0.3 is 0 Å². The van der Waals surface area contributed by atoms with Crippen LogP contribution in [-0.2, 0) is 0 Å². The summed E-state index contributed by atoms with van der Waals surface area (Å²) >= 11 is 0.